The van der Waals surface area contributed by atoms with Crippen LogP contribution in [0, 0.1) is 0 Å². The molecule has 1 amide bonds. The van der Waals surface area contributed by atoms with Crippen LogP contribution in [-0.2, 0) is 9.47 Å². The van der Waals surface area contributed by atoms with Gasteiger partial charge in [-0.05, 0) is 48.0 Å². The summed E-state index contributed by atoms with van der Waals surface area (Å²) in [6, 6.07) is 5.05. The van der Waals surface area contributed by atoms with Crippen LogP contribution in [0.1, 0.15) is 24.2 Å². The van der Waals surface area contributed by atoms with Crippen LogP contribution in [0.2, 0.25) is 5.02 Å². The Balaban J connectivity index is 1.89. The van der Waals surface area contributed by atoms with Crippen LogP contribution in [0.4, 0.5) is 0 Å². The summed E-state index contributed by atoms with van der Waals surface area (Å²) in [5.74, 6) is -0.732. The summed E-state index contributed by atoms with van der Waals surface area (Å²) in [6.45, 7) is 4.61. The van der Waals surface area contributed by atoms with Crippen molar-refractivity contribution in [1.82, 2.24) is 5.32 Å². The maximum Gasteiger partial charge on any atom is 0.251 e. The molecule has 0 spiro atoms. The Morgan fingerprint density at radius 3 is 2.89 bits per heavy atom. The molecule has 1 N–H and O–H groups in total. The van der Waals surface area contributed by atoms with E-state index in [-0.39, 0.29) is 12.0 Å². The van der Waals surface area contributed by atoms with E-state index < -0.39 is 5.79 Å². The molecule has 0 aromatic heterocycles. The minimum atomic E-state index is -0.571. The highest BCUT2D eigenvalue weighted by Crippen LogP contribution is 2.24. The van der Waals surface area contributed by atoms with Crippen molar-refractivity contribution in [3.63, 3.8) is 0 Å². The minimum Gasteiger partial charge on any atom is -0.349 e. The number of carbonyl (C=O) groups is 1. The number of benzene rings is 1. The highest BCUT2D eigenvalue weighted by Gasteiger charge is 2.32. The van der Waals surface area contributed by atoms with Crippen molar-refractivity contribution in [1.29, 1.82) is 0 Å². The van der Waals surface area contributed by atoms with Gasteiger partial charge in [0.1, 0.15) is 6.10 Å². The summed E-state index contributed by atoms with van der Waals surface area (Å²) in [4.78, 5) is 12.0. The molecule has 1 aliphatic rings. The quantitative estimate of drug-likeness (QED) is 0.913. The molecule has 0 bridgehead atoms. The largest absolute Gasteiger partial charge is 0.349 e. The predicted octanol–water partition coefficient (Wildman–Crippen LogP) is 2.98. The van der Waals surface area contributed by atoms with Crippen molar-refractivity contribution in [2.75, 3.05) is 13.2 Å². The molecular formula is C13H15BrClNO3. The lowest BCUT2D eigenvalue weighted by Gasteiger charge is -2.17. The minimum absolute atomic E-state index is 0.116. The molecule has 19 heavy (non-hydrogen) atoms. The SMILES string of the molecule is CC1(C)OCC(CNC(=O)c2ccc(Cl)c(Br)c2)O1. The van der Waals surface area contributed by atoms with Crippen LogP contribution < -0.4 is 5.32 Å². The molecular weight excluding hydrogens is 334 g/mol. The maximum absolute atomic E-state index is 12.0. The first kappa shape index (κ1) is 14.8. The molecule has 1 atom stereocenters. The molecule has 0 aliphatic carbocycles. The fourth-order valence-corrected chi connectivity index (χ4v) is 2.31. The Morgan fingerprint density at radius 1 is 1.58 bits per heavy atom. The van der Waals surface area contributed by atoms with Gasteiger partial charge in [0.15, 0.2) is 5.79 Å². The van der Waals surface area contributed by atoms with E-state index in [4.69, 9.17) is 21.1 Å². The molecule has 1 fully saturated rings. The van der Waals surface area contributed by atoms with E-state index in [1.54, 1.807) is 18.2 Å². The van der Waals surface area contributed by atoms with E-state index >= 15 is 0 Å². The molecule has 0 radical (unpaired) electrons. The number of carbonyl (C=O) groups excluding carboxylic acids is 1. The summed E-state index contributed by atoms with van der Waals surface area (Å²) in [5.41, 5.74) is 0.550. The number of rotatable bonds is 3. The molecule has 104 valence electrons. The van der Waals surface area contributed by atoms with Crippen LogP contribution >= 0.6 is 27.5 Å². The predicted molar refractivity (Wildman–Crippen MR) is 76.4 cm³/mol. The molecule has 1 aliphatic heterocycles. The molecule has 1 saturated heterocycles. The number of nitrogens with one attached hydrogen (secondary N) is 1. The van der Waals surface area contributed by atoms with E-state index in [9.17, 15) is 4.79 Å². The first-order valence-electron chi connectivity index (χ1n) is 5.92. The van der Waals surface area contributed by atoms with Crippen molar-refractivity contribution in [3.8, 4) is 0 Å². The monoisotopic (exact) mass is 347 g/mol. The Labute approximate surface area is 125 Å². The maximum atomic E-state index is 12.0. The second kappa shape index (κ2) is 5.79. The lowest BCUT2D eigenvalue weighted by Crippen LogP contribution is -2.34. The van der Waals surface area contributed by atoms with Gasteiger partial charge in [-0.3, -0.25) is 4.79 Å². The third-order valence-corrected chi connectivity index (χ3v) is 3.95. The van der Waals surface area contributed by atoms with Gasteiger partial charge in [0.05, 0.1) is 11.6 Å². The third-order valence-electron chi connectivity index (χ3n) is 2.74. The zero-order valence-corrected chi connectivity index (χ0v) is 13.0. The second-order valence-electron chi connectivity index (χ2n) is 4.79. The number of hydrogen-bond donors (Lipinski definition) is 1. The summed E-state index contributed by atoms with van der Waals surface area (Å²) < 4.78 is 11.7. The highest BCUT2D eigenvalue weighted by atomic mass is 79.9. The number of ether oxygens (including phenoxy) is 2. The van der Waals surface area contributed by atoms with Crippen molar-refractivity contribution in [3.05, 3.63) is 33.3 Å². The van der Waals surface area contributed by atoms with Gasteiger partial charge in [-0.25, -0.2) is 0 Å². The molecule has 1 aromatic carbocycles. The molecule has 4 nitrogen and oxygen atoms in total. The molecule has 6 heteroatoms. The van der Waals surface area contributed by atoms with E-state index in [2.05, 4.69) is 21.2 Å². The summed E-state index contributed by atoms with van der Waals surface area (Å²) in [5, 5.41) is 3.39. The Hall–Kier alpha value is -0.620. The number of halogens is 2. The number of amides is 1. The fraction of sp³-hybridized carbons (Fsp3) is 0.462. The summed E-state index contributed by atoms with van der Waals surface area (Å²) >= 11 is 9.17. The van der Waals surface area contributed by atoms with E-state index in [1.807, 2.05) is 13.8 Å². The van der Waals surface area contributed by atoms with Crippen LogP contribution in [0.15, 0.2) is 22.7 Å². The zero-order chi connectivity index (χ0) is 14.0. The van der Waals surface area contributed by atoms with Crippen LogP contribution in [-0.4, -0.2) is 30.9 Å². The Kier molecular flexibility index (Phi) is 4.50. The van der Waals surface area contributed by atoms with Gasteiger partial charge in [-0.2, -0.15) is 0 Å². The topological polar surface area (TPSA) is 47.6 Å². The molecule has 1 aromatic rings. The van der Waals surface area contributed by atoms with E-state index in [0.717, 1.165) is 0 Å². The van der Waals surface area contributed by atoms with Gasteiger partial charge in [0.25, 0.3) is 5.91 Å². The summed E-state index contributed by atoms with van der Waals surface area (Å²) in [7, 11) is 0. The van der Waals surface area contributed by atoms with Gasteiger partial charge in [-0.15, -0.1) is 0 Å². The molecule has 1 heterocycles. The Morgan fingerprint density at radius 2 is 2.32 bits per heavy atom. The summed E-state index contributed by atoms with van der Waals surface area (Å²) in [6.07, 6.45) is -0.116. The highest BCUT2D eigenvalue weighted by molar-refractivity contribution is 9.10. The number of hydrogen-bond acceptors (Lipinski definition) is 3. The van der Waals surface area contributed by atoms with Gasteiger partial charge in [0.2, 0.25) is 0 Å². The standard InChI is InChI=1S/C13H15BrClNO3/c1-13(2)18-7-9(19-13)6-16-12(17)8-3-4-11(15)10(14)5-8/h3-5,9H,6-7H2,1-2H3,(H,16,17). The van der Waals surface area contributed by atoms with Crippen molar-refractivity contribution in [2.45, 2.75) is 25.7 Å². The smallest absolute Gasteiger partial charge is 0.251 e. The van der Waals surface area contributed by atoms with Gasteiger partial charge in [-0.1, -0.05) is 11.6 Å². The zero-order valence-electron chi connectivity index (χ0n) is 10.7. The van der Waals surface area contributed by atoms with Gasteiger partial charge >= 0.3 is 0 Å². The van der Waals surface area contributed by atoms with Crippen LogP contribution in [0.3, 0.4) is 0 Å². The lowest BCUT2D eigenvalue weighted by atomic mass is 10.2. The Bertz CT molecular complexity index is 493. The van der Waals surface area contributed by atoms with Crippen LogP contribution in [0.25, 0.3) is 0 Å². The normalized spacial score (nSPS) is 21.4. The fourth-order valence-electron chi connectivity index (χ4n) is 1.81. The molecule has 2 rings (SSSR count). The second-order valence-corrected chi connectivity index (χ2v) is 6.05. The van der Waals surface area contributed by atoms with Gasteiger partial charge < -0.3 is 14.8 Å². The average molecular weight is 349 g/mol. The van der Waals surface area contributed by atoms with Crippen molar-refractivity contribution in [2.24, 2.45) is 0 Å². The first-order chi connectivity index (χ1) is 8.87. The van der Waals surface area contributed by atoms with Crippen LogP contribution in [0.5, 0.6) is 0 Å². The van der Waals surface area contributed by atoms with Crippen molar-refractivity contribution < 1.29 is 14.3 Å². The molecule has 0 saturated carbocycles. The third kappa shape index (κ3) is 3.92. The van der Waals surface area contributed by atoms with Gasteiger partial charge in [0, 0.05) is 16.6 Å². The van der Waals surface area contributed by atoms with E-state index in [1.165, 1.54) is 0 Å². The first-order valence-corrected chi connectivity index (χ1v) is 7.09. The average Bonchev–Trinajstić information content (AvgIpc) is 2.69. The van der Waals surface area contributed by atoms with E-state index in [0.29, 0.717) is 28.2 Å². The van der Waals surface area contributed by atoms with Crippen molar-refractivity contribution >= 4 is 33.4 Å². The molecule has 1 unspecified atom stereocenters. The lowest BCUT2D eigenvalue weighted by molar-refractivity contribution is -0.137.